The van der Waals surface area contributed by atoms with Gasteiger partial charge in [0.1, 0.15) is 0 Å². The van der Waals surface area contributed by atoms with Gasteiger partial charge in [0, 0.05) is 5.39 Å². The average molecular weight is 451 g/mol. The molecule has 0 aromatic heterocycles. The lowest BCUT2D eigenvalue weighted by Crippen LogP contribution is -2.13. The fraction of sp³-hybridized carbons (Fsp3) is 0.467. The molecule has 0 spiro atoms. The molecule has 0 heterocycles. The van der Waals surface area contributed by atoms with Crippen LogP contribution in [0.1, 0.15) is 80.9 Å². The van der Waals surface area contributed by atoms with E-state index in [0.29, 0.717) is 16.7 Å². The molecule has 1 aliphatic carbocycles. The fourth-order valence-corrected chi connectivity index (χ4v) is 5.37. The van der Waals surface area contributed by atoms with Crippen molar-refractivity contribution in [2.24, 2.45) is 5.92 Å². The third-order valence-electron chi connectivity index (χ3n) is 7.49. The molecule has 4 rings (SSSR count). The molecule has 0 bridgehead atoms. The zero-order valence-electron chi connectivity index (χ0n) is 20.0. The van der Waals surface area contributed by atoms with Crippen LogP contribution >= 0.6 is 0 Å². The van der Waals surface area contributed by atoms with Gasteiger partial charge in [0.2, 0.25) is 5.82 Å². The summed E-state index contributed by atoms with van der Waals surface area (Å²) in [5, 5.41) is 0.963. The van der Waals surface area contributed by atoms with E-state index in [2.05, 4.69) is 31.2 Å². The van der Waals surface area contributed by atoms with E-state index >= 15 is 0 Å². The molecule has 0 amide bonds. The molecule has 0 atom stereocenters. The van der Waals surface area contributed by atoms with Gasteiger partial charge in [-0.05, 0) is 84.6 Å². The number of methoxy groups -OCH3 is 1. The van der Waals surface area contributed by atoms with E-state index in [-0.39, 0.29) is 5.75 Å². The minimum Gasteiger partial charge on any atom is -0.494 e. The van der Waals surface area contributed by atoms with Crippen molar-refractivity contribution in [1.29, 1.82) is 0 Å². The SMILES string of the molecule is CCCCCC1CCC(c2ccc(CCc3ccc4cc(OC)c(F)c(F)c4c3)cc2)CC1. The highest BCUT2D eigenvalue weighted by atomic mass is 19.2. The molecule has 3 aromatic rings. The van der Waals surface area contributed by atoms with Crippen LogP contribution in [0.4, 0.5) is 8.78 Å². The number of aryl methyl sites for hydroxylation is 2. The first-order valence-corrected chi connectivity index (χ1v) is 12.6. The number of fused-ring (bicyclic) bond motifs is 1. The largest absolute Gasteiger partial charge is 0.494 e. The molecule has 1 fully saturated rings. The number of benzene rings is 3. The minimum absolute atomic E-state index is 0.0576. The Balaban J connectivity index is 1.33. The summed E-state index contributed by atoms with van der Waals surface area (Å²) < 4.78 is 33.5. The van der Waals surface area contributed by atoms with Crippen LogP contribution in [0.25, 0.3) is 10.8 Å². The number of ether oxygens (including phenoxy) is 1. The normalized spacial score (nSPS) is 18.5. The van der Waals surface area contributed by atoms with Crippen molar-refractivity contribution in [3.8, 4) is 5.75 Å². The third kappa shape index (κ3) is 5.75. The Hall–Kier alpha value is -2.42. The molecular formula is C30H36F2O. The maximum absolute atomic E-state index is 14.5. The summed E-state index contributed by atoms with van der Waals surface area (Å²) in [5.41, 5.74) is 3.77. The number of halogens is 2. The second-order valence-corrected chi connectivity index (χ2v) is 9.72. The number of hydrogen-bond donors (Lipinski definition) is 0. The van der Waals surface area contributed by atoms with Gasteiger partial charge in [-0.3, -0.25) is 0 Å². The van der Waals surface area contributed by atoms with Gasteiger partial charge in [0.05, 0.1) is 7.11 Å². The van der Waals surface area contributed by atoms with Crippen molar-refractivity contribution >= 4 is 10.8 Å². The molecule has 0 radical (unpaired) electrons. The Morgan fingerprint density at radius 2 is 1.52 bits per heavy atom. The highest BCUT2D eigenvalue weighted by Crippen LogP contribution is 2.38. The van der Waals surface area contributed by atoms with Crippen LogP contribution < -0.4 is 4.74 Å². The Morgan fingerprint density at radius 1 is 0.818 bits per heavy atom. The van der Waals surface area contributed by atoms with Crippen LogP contribution in [0.5, 0.6) is 5.75 Å². The summed E-state index contributed by atoms with van der Waals surface area (Å²) >= 11 is 0. The van der Waals surface area contributed by atoms with Gasteiger partial charge >= 0.3 is 0 Å². The summed E-state index contributed by atoms with van der Waals surface area (Å²) in [5.74, 6) is -0.175. The lowest BCUT2D eigenvalue weighted by Gasteiger charge is -2.29. The first-order chi connectivity index (χ1) is 16.1. The second-order valence-electron chi connectivity index (χ2n) is 9.72. The molecule has 0 unspecified atom stereocenters. The Labute approximate surface area is 197 Å². The van der Waals surface area contributed by atoms with Crippen molar-refractivity contribution in [2.75, 3.05) is 7.11 Å². The average Bonchev–Trinajstić information content (AvgIpc) is 2.86. The predicted octanol–water partition coefficient (Wildman–Crippen LogP) is 8.77. The Morgan fingerprint density at radius 3 is 2.21 bits per heavy atom. The van der Waals surface area contributed by atoms with Crippen LogP contribution in [0.15, 0.2) is 48.5 Å². The van der Waals surface area contributed by atoms with E-state index in [9.17, 15) is 8.78 Å². The molecule has 33 heavy (non-hydrogen) atoms. The lowest BCUT2D eigenvalue weighted by atomic mass is 9.77. The highest BCUT2D eigenvalue weighted by molar-refractivity contribution is 5.85. The molecule has 1 saturated carbocycles. The molecule has 0 N–H and O–H groups in total. The molecule has 0 aliphatic heterocycles. The third-order valence-corrected chi connectivity index (χ3v) is 7.49. The van der Waals surface area contributed by atoms with E-state index in [4.69, 9.17) is 4.74 Å². The summed E-state index contributed by atoms with van der Waals surface area (Å²) in [4.78, 5) is 0. The molecule has 3 heteroatoms. The van der Waals surface area contributed by atoms with E-state index in [1.165, 1.54) is 69.6 Å². The molecule has 0 saturated heterocycles. The van der Waals surface area contributed by atoms with Crippen LogP contribution in [0.3, 0.4) is 0 Å². The van der Waals surface area contributed by atoms with Gasteiger partial charge in [-0.25, -0.2) is 4.39 Å². The molecule has 1 nitrogen and oxygen atoms in total. The van der Waals surface area contributed by atoms with Crippen LogP contribution in [0.2, 0.25) is 0 Å². The topological polar surface area (TPSA) is 9.23 Å². The Kier molecular flexibility index (Phi) is 8.01. The van der Waals surface area contributed by atoms with E-state index in [1.807, 2.05) is 12.1 Å². The van der Waals surface area contributed by atoms with Crippen molar-refractivity contribution in [2.45, 2.75) is 77.0 Å². The standard InChI is InChI=1S/C30H36F2O/c1-3-4-5-6-21-9-14-24(15-10-21)25-16-11-22(12-17-25)7-8-23-13-18-26-20-28(33-2)30(32)29(31)27(26)19-23/h11-13,16-21,24H,3-10,14-15H2,1-2H3. The maximum Gasteiger partial charge on any atom is 0.201 e. The quantitative estimate of drug-likeness (QED) is 0.296. The maximum atomic E-state index is 14.5. The first-order valence-electron chi connectivity index (χ1n) is 12.6. The lowest BCUT2D eigenvalue weighted by molar-refractivity contribution is 0.303. The number of unbranched alkanes of at least 4 members (excludes halogenated alkanes) is 2. The van der Waals surface area contributed by atoms with Crippen molar-refractivity contribution in [1.82, 2.24) is 0 Å². The van der Waals surface area contributed by atoms with Gasteiger partial charge in [-0.2, -0.15) is 4.39 Å². The monoisotopic (exact) mass is 450 g/mol. The van der Waals surface area contributed by atoms with E-state index < -0.39 is 11.6 Å². The second kappa shape index (κ2) is 11.1. The van der Waals surface area contributed by atoms with Crippen molar-refractivity contribution in [3.63, 3.8) is 0 Å². The summed E-state index contributed by atoms with van der Waals surface area (Å²) in [6.45, 7) is 2.28. The predicted molar refractivity (Wildman–Crippen MR) is 133 cm³/mol. The van der Waals surface area contributed by atoms with E-state index in [0.717, 1.165) is 24.3 Å². The Bertz CT molecular complexity index is 1050. The molecule has 176 valence electrons. The first kappa shape index (κ1) is 23.7. The summed E-state index contributed by atoms with van der Waals surface area (Å²) in [6, 6.07) is 16.3. The van der Waals surface area contributed by atoms with Crippen LogP contribution in [0, 0.1) is 17.6 Å². The van der Waals surface area contributed by atoms with Gasteiger partial charge in [0.15, 0.2) is 11.6 Å². The van der Waals surface area contributed by atoms with Gasteiger partial charge in [-0.15, -0.1) is 0 Å². The summed E-state index contributed by atoms with van der Waals surface area (Å²) in [7, 11) is 1.35. The summed E-state index contributed by atoms with van der Waals surface area (Å²) in [6.07, 6.45) is 12.6. The number of hydrogen-bond acceptors (Lipinski definition) is 1. The zero-order valence-corrected chi connectivity index (χ0v) is 20.0. The number of rotatable bonds is 9. The zero-order chi connectivity index (χ0) is 23.2. The van der Waals surface area contributed by atoms with Crippen molar-refractivity contribution < 1.29 is 13.5 Å². The van der Waals surface area contributed by atoms with Gasteiger partial charge < -0.3 is 4.74 Å². The molecular weight excluding hydrogens is 414 g/mol. The molecule has 3 aromatic carbocycles. The minimum atomic E-state index is -0.923. The fourth-order valence-electron chi connectivity index (χ4n) is 5.37. The smallest absolute Gasteiger partial charge is 0.201 e. The van der Waals surface area contributed by atoms with E-state index in [1.54, 1.807) is 12.1 Å². The van der Waals surface area contributed by atoms with Gasteiger partial charge in [0.25, 0.3) is 0 Å². The van der Waals surface area contributed by atoms with Crippen molar-refractivity contribution in [3.05, 3.63) is 76.9 Å². The highest BCUT2D eigenvalue weighted by Gasteiger charge is 2.22. The van der Waals surface area contributed by atoms with Gasteiger partial charge in [-0.1, -0.05) is 69.0 Å². The van der Waals surface area contributed by atoms with Crippen LogP contribution in [-0.4, -0.2) is 7.11 Å². The molecule has 1 aliphatic rings. The van der Waals surface area contributed by atoms with Crippen LogP contribution in [-0.2, 0) is 12.8 Å².